The molecule has 1 fully saturated rings. The molecule has 23 heavy (non-hydrogen) atoms. The van der Waals surface area contributed by atoms with Crippen molar-refractivity contribution >= 4 is 25.8 Å². The summed E-state index contributed by atoms with van der Waals surface area (Å²) in [5.41, 5.74) is 1.66. The van der Waals surface area contributed by atoms with Crippen molar-refractivity contribution in [3.8, 4) is 0 Å². The fourth-order valence-corrected chi connectivity index (χ4v) is 5.08. The van der Waals surface area contributed by atoms with Crippen LogP contribution in [-0.4, -0.2) is 46.8 Å². The van der Waals surface area contributed by atoms with Gasteiger partial charge in [-0.3, -0.25) is 4.79 Å². The van der Waals surface area contributed by atoms with Crippen LogP contribution in [0.5, 0.6) is 0 Å². The molecule has 1 heterocycles. The first-order valence-electron chi connectivity index (χ1n) is 7.18. The molecular formula is C14H20N2O5S2. The highest BCUT2D eigenvalue weighted by atomic mass is 32.2. The maximum Gasteiger partial charge on any atom is 0.235 e. The van der Waals surface area contributed by atoms with E-state index in [0.29, 0.717) is 12.0 Å². The number of carbonyl (C=O) groups excluding carboxylic acids is 1. The number of sulfone groups is 1. The van der Waals surface area contributed by atoms with Crippen LogP contribution >= 0.6 is 0 Å². The molecule has 1 amide bonds. The molecule has 2 N–H and O–H groups in total. The Balaban J connectivity index is 1.82. The van der Waals surface area contributed by atoms with Crippen molar-refractivity contribution in [3.05, 3.63) is 35.4 Å². The Morgan fingerprint density at radius 1 is 1.26 bits per heavy atom. The van der Waals surface area contributed by atoms with E-state index in [1.165, 1.54) is 0 Å². The quantitative estimate of drug-likeness (QED) is 0.725. The summed E-state index contributed by atoms with van der Waals surface area (Å²) in [5, 5.41) is 2.53. The number of nitrogens with one attached hydrogen (secondary N) is 2. The lowest BCUT2D eigenvalue weighted by molar-refractivity contribution is -0.120. The summed E-state index contributed by atoms with van der Waals surface area (Å²) in [6.45, 7) is 1.51. The first kappa shape index (κ1) is 17.9. The van der Waals surface area contributed by atoms with Gasteiger partial charge in [-0.05, 0) is 18.9 Å². The number of benzene rings is 1. The van der Waals surface area contributed by atoms with Crippen molar-refractivity contribution < 1.29 is 21.6 Å². The van der Waals surface area contributed by atoms with Crippen molar-refractivity contribution in [1.82, 2.24) is 10.0 Å². The molecule has 1 aromatic carbocycles. The lowest BCUT2D eigenvalue weighted by Crippen LogP contribution is -2.42. The van der Waals surface area contributed by atoms with Gasteiger partial charge in [0.1, 0.15) is 0 Å². The van der Waals surface area contributed by atoms with E-state index in [2.05, 4.69) is 10.0 Å². The van der Waals surface area contributed by atoms with E-state index >= 15 is 0 Å². The van der Waals surface area contributed by atoms with Crippen LogP contribution in [0.1, 0.15) is 17.5 Å². The number of aryl methyl sites for hydroxylation is 1. The summed E-state index contributed by atoms with van der Waals surface area (Å²) >= 11 is 0. The molecule has 7 nitrogen and oxygen atoms in total. The lowest BCUT2D eigenvalue weighted by Gasteiger charge is -2.11. The van der Waals surface area contributed by atoms with Gasteiger partial charge in [0, 0.05) is 6.04 Å². The van der Waals surface area contributed by atoms with Gasteiger partial charge in [0.15, 0.2) is 9.84 Å². The zero-order valence-corrected chi connectivity index (χ0v) is 14.4. The van der Waals surface area contributed by atoms with Crippen LogP contribution in [0.2, 0.25) is 0 Å². The number of rotatable bonds is 6. The second kappa shape index (κ2) is 6.98. The fourth-order valence-electron chi connectivity index (χ4n) is 2.32. The van der Waals surface area contributed by atoms with E-state index in [1.807, 2.05) is 19.1 Å². The van der Waals surface area contributed by atoms with Gasteiger partial charge in [0.2, 0.25) is 15.9 Å². The number of hydrogen-bond donors (Lipinski definition) is 2. The van der Waals surface area contributed by atoms with Crippen molar-refractivity contribution in [2.45, 2.75) is 25.1 Å². The molecule has 2 rings (SSSR count). The first-order chi connectivity index (χ1) is 10.7. The van der Waals surface area contributed by atoms with E-state index < -0.39 is 38.4 Å². The van der Waals surface area contributed by atoms with E-state index in [-0.39, 0.29) is 17.3 Å². The Morgan fingerprint density at radius 3 is 2.48 bits per heavy atom. The first-order valence-corrected chi connectivity index (χ1v) is 10.7. The maximum absolute atomic E-state index is 11.9. The minimum absolute atomic E-state index is 0.0527. The molecule has 1 unspecified atom stereocenters. The predicted molar refractivity (Wildman–Crippen MR) is 87.0 cm³/mol. The van der Waals surface area contributed by atoms with Crippen LogP contribution in [0.3, 0.4) is 0 Å². The third-order valence-electron chi connectivity index (χ3n) is 3.53. The third-order valence-corrected chi connectivity index (χ3v) is 6.59. The zero-order chi connectivity index (χ0) is 17.1. The van der Waals surface area contributed by atoms with E-state index in [4.69, 9.17) is 0 Å². The van der Waals surface area contributed by atoms with Crippen molar-refractivity contribution in [2.75, 3.05) is 18.1 Å². The molecule has 128 valence electrons. The third kappa shape index (κ3) is 5.92. The summed E-state index contributed by atoms with van der Waals surface area (Å²) in [6.07, 6.45) is 0.365. The molecule has 0 saturated carbocycles. The van der Waals surface area contributed by atoms with Gasteiger partial charge in [0.05, 0.1) is 23.8 Å². The van der Waals surface area contributed by atoms with Crippen molar-refractivity contribution in [1.29, 1.82) is 0 Å². The summed E-state index contributed by atoms with van der Waals surface area (Å²) in [7, 11) is -6.71. The van der Waals surface area contributed by atoms with Crippen LogP contribution in [0.15, 0.2) is 24.3 Å². The largest absolute Gasteiger partial charge is 0.351 e. The molecule has 0 spiro atoms. The van der Waals surface area contributed by atoms with Crippen LogP contribution in [0, 0.1) is 6.92 Å². The maximum atomic E-state index is 11.9. The number of hydrogen-bond acceptors (Lipinski definition) is 5. The van der Waals surface area contributed by atoms with Gasteiger partial charge in [0.25, 0.3) is 0 Å². The molecule has 0 radical (unpaired) electrons. The van der Waals surface area contributed by atoms with Crippen LogP contribution in [-0.2, 0) is 30.4 Å². The number of carbonyl (C=O) groups is 1. The second-order valence-corrected chi connectivity index (χ2v) is 9.77. The summed E-state index contributed by atoms with van der Waals surface area (Å²) in [6, 6.07) is 6.64. The zero-order valence-electron chi connectivity index (χ0n) is 12.8. The minimum atomic E-state index is -3.63. The highest BCUT2D eigenvalue weighted by Gasteiger charge is 2.29. The monoisotopic (exact) mass is 360 g/mol. The molecular weight excluding hydrogens is 340 g/mol. The molecule has 9 heteroatoms. The van der Waals surface area contributed by atoms with Crippen LogP contribution in [0.4, 0.5) is 0 Å². The second-order valence-electron chi connectivity index (χ2n) is 5.73. The van der Waals surface area contributed by atoms with E-state index in [9.17, 15) is 21.6 Å². The minimum Gasteiger partial charge on any atom is -0.351 e. The molecule has 1 aromatic rings. The highest BCUT2D eigenvalue weighted by molar-refractivity contribution is 7.91. The Bertz CT molecular complexity index is 770. The average molecular weight is 360 g/mol. The molecule has 0 bridgehead atoms. The topological polar surface area (TPSA) is 109 Å². The number of sulfonamides is 1. The van der Waals surface area contributed by atoms with Gasteiger partial charge in [-0.25, -0.2) is 21.6 Å². The fraction of sp³-hybridized carbons (Fsp3) is 0.500. The molecule has 1 aliphatic heterocycles. The van der Waals surface area contributed by atoms with Gasteiger partial charge >= 0.3 is 0 Å². The van der Waals surface area contributed by atoms with E-state index in [0.717, 1.165) is 5.56 Å². The van der Waals surface area contributed by atoms with Crippen molar-refractivity contribution in [2.24, 2.45) is 0 Å². The Morgan fingerprint density at radius 2 is 1.91 bits per heavy atom. The molecule has 1 aliphatic rings. The smallest absolute Gasteiger partial charge is 0.235 e. The molecule has 1 saturated heterocycles. The number of amides is 1. The van der Waals surface area contributed by atoms with Crippen molar-refractivity contribution in [3.63, 3.8) is 0 Å². The van der Waals surface area contributed by atoms with Gasteiger partial charge in [-0.1, -0.05) is 29.8 Å². The van der Waals surface area contributed by atoms with Gasteiger partial charge in [-0.2, -0.15) is 0 Å². The van der Waals surface area contributed by atoms with E-state index in [1.54, 1.807) is 12.1 Å². The van der Waals surface area contributed by atoms with Crippen LogP contribution in [0.25, 0.3) is 0 Å². The molecule has 0 aromatic heterocycles. The summed E-state index contributed by atoms with van der Waals surface area (Å²) in [4.78, 5) is 11.7. The highest BCUT2D eigenvalue weighted by Crippen LogP contribution is 2.11. The molecule has 0 aliphatic carbocycles. The van der Waals surface area contributed by atoms with Crippen LogP contribution < -0.4 is 10.0 Å². The van der Waals surface area contributed by atoms with Gasteiger partial charge < -0.3 is 5.32 Å². The standard InChI is InChI=1S/C14H20N2O5S2/c1-11-2-4-12(5-3-11)9-23(20,21)15-8-14(17)16-13-6-7-22(18,19)10-13/h2-5,13,15H,6-10H2,1H3,(H,16,17). The SMILES string of the molecule is Cc1ccc(CS(=O)(=O)NCC(=O)NC2CCS(=O)(=O)C2)cc1. The lowest BCUT2D eigenvalue weighted by atomic mass is 10.2. The summed E-state index contributed by atoms with van der Waals surface area (Å²) in [5.74, 6) is -0.774. The average Bonchev–Trinajstić information content (AvgIpc) is 2.78. The normalized spacial score (nSPS) is 20.3. The Kier molecular flexibility index (Phi) is 5.43. The Labute approximate surface area is 136 Å². The predicted octanol–water partition coefficient (Wildman–Crippen LogP) is -0.282. The molecule has 1 atom stereocenters. The Hall–Kier alpha value is -1.45. The summed E-state index contributed by atoms with van der Waals surface area (Å²) < 4.78 is 48.7. The van der Waals surface area contributed by atoms with Gasteiger partial charge in [-0.15, -0.1) is 0 Å².